The molecule has 1 aliphatic rings. The number of nitrogens with one attached hydrogen (secondary N) is 1. The second kappa shape index (κ2) is 5.98. The summed E-state index contributed by atoms with van der Waals surface area (Å²) in [5, 5.41) is 11.3. The molecule has 1 aromatic rings. The lowest BCUT2D eigenvalue weighted by Gasteiger charge is -2.26. The quantitative estimate of drug-likeness (QED) is 0.634. The number of carbonyl (C=O) groups is 2. The molecule has 0 aliphatic carbocycles. The Morgan fingerprint density at radius 2 is 2.37 bits per heavy atom. The Morgan fingerprint density at radius 3 is 3.11 bits per heavy atom. The normalized spacial score (nSPS) is 14.4. The number of nitrogens with zero attached hydrogens (tertiary/aromatic N) is 2. The predicted octanol–water partition coefficient (Wildman–Crippen LogP) is -1.00. The third-order valence-corrected chi connectivity index (χ3v) is 2.62. The van der Waals surface area contributed by atoms with Gasteiger partial charge in [0.2, 0.25) is 5.91 Å². The average molecular weight is 259 g/mol. The zero-order valence-electron chi connectivity index (χ0n) is 10.2. The first-order valence-corrected chi connectivity index (χ1v) is 5.81. The van der Waals surface area contributed by atoms with E-state index in [1.165, 1.54) is 17.3 Å². The van der Waals surface area contributed by atoms with E-state index < -0.39 is 0 Å². The number of aromatic nitrogens is 1. The molecule has 98 valence electrons. The van der Waals surface area contributed by atoms with E-state index in [1.807, 2.05) is 0 Å². The summed E-state index contributed by atoms with van der Waals surface area (Å²) in [5.41, 5.74) is 0.945. The maximum Gasteiger partial charge on any atom is 0.255 e. The molecule has 19 heavy (non-hydrogen) atoms. The fourth-order valence-corrected chi connectivity index (χ4v) is 1.76. The highest BCUT2D eigenvalue weighted by Crippen LogP contribution is 2.07. The second-order valence-electron chi connectivity index (χ2n) is 4.00. The molecule has 1 aliphatic heterocycles. The largest absolute Gasteiger partial charge is 0.384 e. The summed E-state index contributed by atoms with van der Waals surface area (Å²) in [6.45, 7) is 0.759. The van der Waals surface area contributed by atoms with E-state index >= 15 is 0 Å². The standard InChI is InChI=1S/C13H13N3O3/c17-5-1-2-10-6-11(8-14-7-10)13(19)16-4-3-15-12(18)9-16/h6-8,17H,3-5,9H2,(H,15,18). The molecule has 6 heteroatoms. The van der Waals surface area contributed by atoms with Crippen LogP contribution in [0.15, 0.2) is 18.5 Å². The van der Waals surface area contributed by atoms with Gasteiger partial charge in [-0.05, 0) is 6.07 Å². The van der Waals surface area contributed by atoms with Crippen molar-refractivity contribution in [1.29, 1.82) is 0 Å². The third-order valence-electron chi connectivity index (χ3n) is 2.62. The van der Waals surface area contributed by atoms with Crippen LogP contribution in [-0.2, 0) is 4.79 Å². The number of hydrogen-bond acceptors (Lipinski definition) is 4. The van der Waals surface area contributed by atoms with Crippen LogP contribution in [0.2, 0.25) is 0 Å². The highest BCUT2D eigenvalue weighted by molar-refractivity contribution is 5.97. The fourth-order valence-electron chi connectivity index (χ4n) is 1.76. The van der Waals surface area contributed by atoms with E-state index in [0.717, 1.165) is 0 Å². The molecule has 0 atom stereocenters. The Hall–Kier alpha value is -2.39. The van der Waals surface area contributed by atoms with Crippen molar-refractivity contribution in [2.45, 2.75) is 0 Å². The molecule has 2 amide bonds. The molecule has 6 nitrogen and oxygen atoms in total. The smallest absolute Gasteiger partial charge is 0.255 e. The maximum atomic E-state index is 12.2. The molecule has 0 aromatic carbocycles. The van der Waals surface area contributed by atoms with Crippen LogP contribution >= 0.6 is 0 Å². The molecule has 0 spiro atoms. The molecule has 2 N–H and O–H groups in total. The number of pyridine rings is 1. The fraction of sp³-hybridized carbons (Fsp3) is 0.308. The summed E-state index contributed by atoms with van der Waals surface area (Å²) in [6, 6.07) is 1.60. The topological polar surface area (TPSA) is 82.5 Å². The van der Waals surface area contributed by atoms with Crippen LogP contribution in [0.1, 0.15) is 15.9 Å². The molecule has 2 heterocycles. The molecule has 2 rings (SSSR count). The lowest BCUT2D eigenvalue weighted by atomic mass is 10.1. The number of amides is 2. The molecule has 0 saturated carbocycles. The van der Waals surface area contributed by atoms with E-state index in [-0.39, 0.29) is 25.0 Å². The zero-order chi connectivity index (χ0) is 13.7. The Kier molecular flexibility index (Phi) is 4.11. The SMILES string of the molecule is O=C1CN(C(=O)c2cncc(C#CCO)c2)CCN1. The molecule has 0 unspecified atom stereocenters. The highest BCUT2D eigenvalue weighted by Gasteiger charge is 2.22. The summed E-state index contributed by atoms with van der Waals surface area (Å²) in [5.74, 6) is 4.78. The van der Waals surface area contributed by atoms with Crippen molar-refractivity contribution in [3.8, 4) is 11.8 Å². The van der Waals surface area contributed by atoms with Crippen molar-refractivity contribution in [1.82, 2.24) is 15.2 Å². The molecule has 1 aromatic heterocycles. The second-order valence-corrected chi connectivity index (χ2v) is 4.00. The van der Waals surface area contributed by atoms with Gasteiger partial charge in [0.25, 0.3) is 5.91 Å². The van der Waals surface area contributed by atoms with Crippen LogP contribution in [0.4, 0.5) is 0 Å². The van der Waals surface area contributed by atoms with E-state index in [4.69, 9.17) is 5.11 Å². The van der Waals surface area contributed by atoms with Crippen molar-refractivity contribution in [3.05, 3.63) is 29.6 Å². The summed E-state index contributed by atoms with van der Waals surface area (Å²) in [6.07, 6.45) is 2.96. The molecule has 1 saturated heterocycles. The van der Waals surface area contributed by atoms with Gasteiger partial charge in [0.05, 0.1) is 12.1 Å². The Morgan fingerprint density at radius 1 is 1.53 bits per heavy atom. The Balaban J connectivity index is 2.16. The van der Waals surface area contributed by atoms with Gasteiger partial charge in [0.1, 0.15) is 6.61 Å². The lowest BCUT2D eigenvalue weighted by Crippen LogP contribution is -2.50. The van der Waals surface area contributed by atoms with Crippen LogP contribution in [0, 0.1) is 11.8 Å². The van der Waals surface area contributed by atoms with Crippen molar-refractivity contribution in [3.63, 3.8) is 0 Å². The summed E-state index contributed by atoms with van der Waals surface area (Å²) in [4.78, 5) is 28.8. The number of rotatable bonds is 1. The van der Waals surface area contributed by atoms with Gasteiger partial charge in [0.15, 0.2) is 0 Å². The van der Waals surface area contributed by atoms with E-state index in [9.17, 15) is 9.59 Å². The van der Waals surface area contributed by atoms with Gasteiger partial charge >= 0.3 is 0 Å². The minimum Gasteiger partial charge on any atom is -0.384 e. The first-order chi connectivity index (χ1) is 9.20. The molecule has 0 radical (unpaired) electrons. The highest BCUT2D eigenvalue weighted by atomic mass is 16.2. The van der Waals surface area contributed by atoms with Crippen molar-refractivity contribution in [2.75, 3.05) is 26.2 Å². The Bertz CT molecular complexity index is 560. The number of piperazine rings is 1. The maximum absolute atomic E-state index is 12.2. The number of aliphatic hydroxyl groups excluding tert-OH is 1. The monoisotopic (exact) mass is 259 g/mol. The number of aliphatic hydroxyl groups is 1. The van der Waals surface area contributed by atoms with Gasteiger partial charge in [-0.2, -0.15) is 0 Å². The third kappa shape index (κ3) is 3.30. The Labute approximate surface area is 110 Å². The van der Waals surface area contributed by atoms with Crippen LogP contribution < -0.4 is 5.32 Å². The molecule has 0 bridgehead atoms. The minimum absolute atomic E-state index is 0.0609. The molecular formula is C13H13N3O3. The number of hydrogen-bond donors (Lipinski definition) is 2. The van der Waals surface area contributed by atoms with Crippen molar-refractivity contribution < 1.29 is 14.7 Å². The summed E-state index contributed by atoms with van der Waals surface area (Å²) >= 11 is 0. The average Bonchev–Trinajstić information content (AvgIpc) is 2.44. The van der Waals surface area contributed by atoms with Gasteiger partial charge in [-0.3, -0.25) is 14.6 Å². The van der Waals surface area contributed by atoms with Gasteiger partial charge in [0, 0.05) is 31.0 Å². The van der Waals surface area contributed by atoms with Crippen LogP contribution in [0.3, 0.4) is 0 Å². The summed E-state index contributed by atoms with van der Waals surface area (Å²) < 4.78 is 0. The van der Waals surface area contributed by atoms with Crippen molar-refractivity contribution >= 4 is 11.8 Å². The minimum atomic E-state index is -0.246. The van der Waals surface area contributed by atoms with Gasteiger partial charge in [-0.25, -0.2) is 0 Å². The first-order valence-electron chi connectivity index (χ1n) is 5.81. The van der Waals surface area contributed by atoms with E-state index in [1.54, 1.807) is 6.07 Å². The lowest BCUT2D eigenvalue weighted by molar-refractivity contribution is -0.123. The number of carbonyl (C=O) groups excluding carboxylic acids is 2. The van der Waals surface area contributed by atoms with Crippen LogP contribution in [0.25, 0.3) is 0 Å². The summed E-state index contributed by atoms with van der Waals surface area (Å²) in [7, 11) is 0. The molecular weight excluding hydrogens is 246 g/mol. The zero-order valence-corrected chi connectivity index (χ0v) is 10.2. The van der Waals surface area contributed by atoms with Gasteiger partial charge in [-0.15, -0.1) is 0 Å². The van der Waals surface area contributed by atoms with E-state index in [0.29, 0.717) is 24.2 Å². The van der Waals surface area contributed by atoms with Crippen LogP contribution in [-0.4, -0.2) is 53.0 Å². The van der Waals surface area contributed by atoms with Gasteiger partial charge in [-0.1, -0.05) is 11.8 Å². The van der Waals surface area contributed by atoms with Crippen molar-refractivity contribution in [2.24, 2.45) is 0 Å². The van der Waals surface area contributed by atoms with E-state index in [2.05, 4.69) is 22.1 Å². The van der Waals surface area contributed by atoms with Gasteiger partial charge < -0.3 is 15.3 Å². The van der Waals surface area contributed by atoms with Crippen LogP contribution in [0.5, 0.6) is 0 Å². The predicted molar refractivity (Wildman–Crippen MR) is 67.1 cm³/mol. The molecule has 1 fully saturated rings. The first kappa shape index (κ1) is 13.1.